The van der Waals surface area contributed by atoms with E-state index in [1.54, 1.807) is 24.9 Å². The van der Waals surface area contributed by atoms with Crippen molar-refractivity contribution in [2.24, 2.45) is 12.1 Å². The number of carbonyl (C=O) groups excluding carboxylic acids is 1. The van der Waals surface area contributed by atoms with Crippen molar-refractivity contribution in [1.82, 2.24) is 14.8 Å². The summed E-state index contributed by atoms with van der Waals surface area (Å²) in [7, 11) is 1.79. The van der Waals surface area contributed by atoms with Crippen LogP contribution in [0.1, 0.15) is 6.92 Å². The van der Waals surface area contributed by atoms with E-state index in [9.17, 15) is 4.79 Å². The number of aromatic nitrogens is 3. The fourth-order valence-corrected chi connectivity index (χ4v) is 2.07. The molecule has 1 N–H and O–H groups in total. The zero-order valence-electron chi connectivity index (χ0n) is 11.7. The van der Waals surface area contributed by atoms with E-state index >= 15 is 0 Å². The number of nitrogens with one attached hydrogen (secondary N) is 1. The number of hydrogen-bond acceptors (Lipinski definition) is 7. The highest BCUT2D eigenvalue weighted by atomic mass is 32.2. The summed E-state index contributed by atoms with van der Waals surface area (Å²) in [5.74, 6) is -0.506. The Morgan fingerprint density at radius 1 is 1.43 bits per heavy atom. The predicted octanol–water partition coefficient (Wildman–Crippen LogP) is 1.90. The third kappa shape index (κ3) is 4.32. The standard InChI is InChI=1S/C13H15N5O2S/c1-3-20-12(19)11(21-13-17-14-9-18(13)2)16-15-10-7-5-4-6-8-10/h4-9,15H,3H2,1-2H3. The van der Waals surface area contributed by atoms with Crippen LogP contribution in [0.4, 0.5) is 5.69 Å². The largest absolute Gasteiger partial charge is 0.461 e. The van der Waals surface area contributed by atoms with Crippen molar-refractivity contribution in [3.8, 4) is 0 Å². The van der Waals surface area contributed by atoms with Crippen molar-refractivity contribution in [2.45, 2.75) is 12.1 Å². The number of thioether (sulfide) groups is 1. The highest BCUT2D eigenvalue weighted by molar-refractivity contribution is 8.15. The minimum Gasteiger partial charge on any atom is -0.461 e. The highest BCUT2D eigenvalue weighted by Crippen LogP contribution is 2.17. The number of esters is 1. The van der Waals surface area contributed by atoms with E-state index in [4.69, 9.17) is 4.74 Å². The van der Waals surface area contributed by atoms with Crippen LogP contribution in [0.5, 0.6) is 0 Å². The zero-order valence-corrected chi connectivity index (χ0v) is 12.5. The molecule has 1 aromatic carbocycles. The van der Waals surface area contributed by atoms with Gasteiger partial charge in [0, 0.05) is 7.05 Å². The van der Waals surface area contributed by atoms with Gasteiger partial charge in [-0.2, -0.15) is 5.10 Å². The molecule has 1 heterocycles. The maximum atomic E-state index is 11.9. The fourth-order valence-electron chi connectivity index (χ4n) is 1.38. The quantitative estimate of drug-likeness (QED) is 0.305. The molecule has 0 bridgehead atoms. The van der Waals surface area contributed by atoms with Gasteiger partial charge in [0.15, 0.2) is 5.16 Å². The molecule has 0 amide bonds. The van der Waals surface area contributed by atoms with Gasteiger partial charge in [0.2, 0.25) is 5.04 Å². The smallest absolute Gasteiger partial charge is 0.365 e. The zero-order chi connectivity index (χ0) is 15.1. The Labute approximate surface area is 126 Å². The number of hydrogen-bond donors (Lipinski definition) is 1. The van der Waals surface area contributed by atoms with Crippen LogP contribution in [0, 0.1) is 0 Å². The second-order valence-electron chi connectivity index (χ2n) is 3.94. The van der Waals surface area contributed by atoms with Crippen LogP contribution in [-0.4, -0.2) is 32.4 Å². The molecular formula is C13H15N5O2S. The average molecular weight is 305 g/mol. The summed E-state index contributed by atoms with van der Waals surface area (Å²) >= 11 is 1.09. The maximum Gasteiger partial charge on any atom is 0.365 e. The van der Waals surface area contributed by atoms with Crippen LogP contribution in [0.25, 0.3) is 0 Å². The Hall–Kier alpha value is -2.35. The molecule has 0 aliphatic heterocycles. The van der Waals surface area contributed by atoms with Crippen molar-refractivity contribution in [3.05, 3.63) is 36.7 Å². The molecule has 0 spiro atoms. The lowest BCUT2D eigenvalue weighted by molar-refractivity contribution is -0.134. The topological polar surface area (TPSA) is 81.4 Å². The molecule has 0 aliphatic rings. The van der Waals surface area contributed by atoms with E-state index in [0.717, 1.165) is 17.4 Å². The first kappa shape index (κ1) is 15.0. The van der Waals surface area contributed by atoms with Crippen LogP contribution in [0.3, 0.4) is 0 Å². The molecule has 0 aliphatic carbocycles. The van der Waals surface area contributed by atoms with E-state index in [1.165, 1.54) is 0 Å². The summed E-state index contributed by atoms with van der Waals surface area (Å²) in [6.07, 6.45) is 1.55. The average Bonchev–Trinajstić information content (AvgIpc) is 2.90. The third-order valence-electron chi connectivity index (χ3n) is 2.37. The van der Waals surface area contributed by atoms with E-state index < -0.39 is 5.97 Å². The highest BCUT2D eigenvalue weighted by Gasteiger charge is 2.17. The SMILES string of the molecule is CCOC(=O)C(=NNc1ccccc1)Sc1nncn1C. The number of nitrogens with zero attached hydrogens (tertiary/aromatic N) is 4. The monoisotopic (exact) mass is 305 g/mol. The molecule has 7 nitrogen and oxygen atoms in total. The molecule has 0 fully saturated rings. The van der Waals surface area contributed by atoms with Gasteiger partial charge in [0.1, 0.15) is 6.33 Å². The minimum atomic E-state index is -0.506. The number of hydrazone groups is 1. The van der Waals surface area contributed by atoms with Crippen LogP contribution in [0.15, 0.2) is 46.9 Å². The van der Waals surface area contributed by atoms with Crippen molar-refractivity contribution >= 4 is 28.5 Å². The fraction of sp³-hybridized carbons (Fsp3) is 0.231. The second-order valence-corrected chi connectivity index (χ2v) is 4.90. The van der Waals surface area contributed by atoms with Crippen LogP contribution >= 0.6 is 11.8 Å². The molecule has 1 aromatic heterocycles. The molecule has 0 saturated heterocycles. The van der Waals surface area contributed by atoms with E-state index in [0.29, 0.717) is 5.16 Å². The first-order valence-electron chi connectivity index (χ1n) is 6.28. The Kier molecular flexibility index (Phi) is 5.33. The Morgan fingerprint density at radius 3 is 2.81 bits per heavy atom. The molecule has 0 radical (unpaired) electrons. The number of carbonyl (C=O) groups is 1. The van der Waals surface area contributed by atoms with Crippen LogP contribution < -0.4 is 5.43 Å². The Morgan fingerprint density at radius 2 is 2.19 bits per heavy atom. The van der Waals surface area contributed by atoms with Crippen molar-refractivity contribution < 1.29 is 9.53 Å². The van der Waals surface area contributed by atoms with Crippen LogP contribution in [-0.2, 0) is 16.6 Å². The second kappa shape index (κ2) is 7.44. The molecule has 2 rings (SSSR count). The molecule has 8 heteroatoms. The van der Waals surface area contributed by atoms with Gasteiger partial charge in [-0.3, -0.25) is 5.43 Å². The lowest BCUT2D eigenvalue weighted by Gasteiger charge is -2.06. The Balaban J connectivity index is 2.15. The van der Waals surface area contributed by atoms with Gasteiger partial charge in [0.25, 0.3) is 0 Å². The van der Waals surface area contributed by atoms with Crippen molar-refractivity contribution in [1.29, 1.82) is 0 Å². The normalized spacial score (nSPS) is 11.2. The number of benzene rings is 1. The minimum absolute atomic E-state index is 0.164. The number of aryl methyl sites for hydroxylation is 1. The molecule has 21 heavy (non-hydrogen) atoms. The number of anilines is 1. The molecule has 0 saturated carbocycles. The van der Waals surface area contributed by atoms with Gasteiger partial charge >= 0.3 is 5.97 Å². The summed E-state index contributed by atoms with van der Waals surface area (Å²) in [6.45, 7) is 2.02. The van der Waals surface area contributed by atoms with E-state index in [-0.39, 0.29) is 11.7 Å². The summed E-state index contributed by atoms with van der Waals surface area (Å²) < 4.78 is 6.69. The first-order valence-corrected chi connectivity index (χ1v) is 7.10. The van der Waals surface area contributed by atoms with Crippen molar-refractivity contribution in [2.75, 3.05) is 12.0 Å². The summed E-state index contributed by atoms with van der Waals surface area (Å²) in [5.41, 5.74) is 3.60. The summed E-state index contributed by atoms with van der Waals surface area (Å²) in [6, 6.07) is 9.34. The first-order chi connectivity index (χ1) is 10.2. The lowest BCUT2D eigenvalue weighted by Crippen LogP contribution is -2.16. The number of ether oxygens (including phenoxy) is 1. The molecular weight excluding hydrogens is 290 g/mol. The Bertz CT molecular complexity index is 627. The van der Waals surface area contributed by atoms with Crippen molar-refractivity contribution in [3.63, 3.8) is 0 Å². The number of para-hydroxylation sites is 1. The van der Waals surface area contributed by atoms with Gasteiger partial charge in [-0.05, 0) is 30.8 Å². The summed E-state index contributed by atoms with van der Waals surface area (Å²) in [4.78, 5) is 11.9. The van der Waals surface area contributed by atoms with Gasteiger partial charge in [0.05, 0.1) is 12.3 Å². The van der Waals surface area contributed by atoms with Gasteiger partial charge in [-0.1, -0.05) is 18.2 Å². The predicted molar refractivity (Wildman–Crippen MR) is 81.0 cm³/mol. The third-order valence-corrected chi connectivity index (χ3v) is 3.37. The molecule has 0 atom stereocenters. The molecule has 2 aromatic rings. The molecule has 0 unspecified atom stereocenters. The van der Waals surface area contributed by atoms with E-state index in [2.05, 4.69) is 20.7 Å². The van der Waals surface area contributed by atoms with E-state index in [1.807, 2.05) is 30.3 Å². The van der Waals surface area contributed by atoms with Gasteiger partial charge in [-0.25, -0.2) is 4.79 Å². The van der Waals surface area contributed by atoms with Gasteiger partial charge < -0.3 is 9.30 Å². The lowest BCUT2D eigenvalue weighted by atomic mass is 10.3. The number of rotatable bonds is 4. The van der Waals surface area contributed by atoms with Gasteiger partial charge in [-0.15, -0.1) is 10.2 Å². The molecule has 110 valence electrons. The van der Waals surface area contributed by atoms with Crippen LogP contribution in [0.2, 0.25) is 0 Å². The summed E-state index contributed by atoms with van der Waals surface area (Å²) in [5, 5.41) is 12.5. The maximum absolute atomic E-state index is 11.9.